The van der Waals surface area contributed by atoms with Gasteiger partial charge in [-0.05, 0) is 37.7 Å². The van der Waals surface area contributed by atoms with Crippen molar-refractivity contribution in [3.05, 3.63) is 51.5 Å². The van der Waals surface area contributed by atoms with Crippen molar-refractivity contribution in [3.8, 4) is 0 Å². The van der Waals surface area contributed by atoms with Gasteiger partial charge in [0.1, 0.15) is 0 Å². The van der Waals surface area contributed by atoms with Crippen LogP contribution < -0.4 is 5.32 Å². The molecule has 1 N–H and O–H groups in total. The summed E-state index contributed by atoms with van der Waals surface area (Å²) in [4.78, 5) is 18.1. The van der Waals surface area contributed by atoms with Crippen LogP contribution in [0, 0.1) is 0 Å². The van der Waals surface area contributed by atoms with Crippen LogP contribution in [-0.4, -0.2) is 17.4 Å². The third-order valence-corrected chi connectivity index (χ3v) is 5.20. The molecule has 1 aromatic heterocycles. The number of aryl methyl sites for hydroxylation is 3. The Balaban J connectivity index is 1.38. The Labute approximate surface area is 135 Å². The van der Waals surface area contributed by atoms with Crippen molar-refractivity contribution in [2.24, 2.45) is 0 Å². The Kier molecular flexibility index (Phi) is 5.22. The van der Waals surface area contributed by atoms with Crippen LogP contribution in [0.5, 0.6) is 0 Å². The van der Waals surface area contributed by atoms with Gasteiger partial charge >= 0.3 is 0 Å². The van der Waals surface area contributed by atoms with Crippen molar-refractivity contribution in [1.82, 2.24) is 10.3 Å². The number of rotatable bonds is 6. The highest BCUT2D eigenvalue weighted by Crippen LogP contribution is 2.27. The van der Waals surface area contributed by atoms with Crippen LogP contribution in [-0.2, 0) is 30.5 Å². The molecule has 4 heteroatoms. The van der Waals surface area contributed by atoms with Crippen molar-refractivity contribution in [2.75, 3.05) is 6.54 Å². The highest BCUT2D eigenvalue weighted by molar-refractivity contribution is 7.11. The second-order valence-electron chi connectivity index (χ2n) is 5.80. The number of hydrogen-bond acceptors (Lipinski definition) is 3. The molecule has 0 spiro atoms. The number of thiazole rings is 1. The van der Waals surface area contributed by atoms with Gasteiger partial charge in [0.05, 0.1) is 17.1 Å². The smallest absolute Gasteiger partial charge is 0.224 e. The lowest BCUT2D eigenvalue weighted by atomic mass is 10.0. The second kappa shape index (κ2) is 7.54. The molecule has 3 rings (SSSR count). The molecular formula is C18H22N2OS. The van der Waals surface area contributed by atoms with Gasteiger partial charge in [-0.15, -0.1) is 11.3 Å². The van der Waals surface area contributed by atoms with Crippen molar-refractivity contribution < 1.29 is 4.79 Å². The molecule has 116 valence electrons. The zero-order valence-corrected chi connectivity index (χ0v) is 13.6. The van der Waals surface area contributed by atoms with E-state index in [2.05, 4.69) is 5.32 Å². The predicted molar refractivity (Wildman–Crippen MR) is 90.2 cm³/mol. The molecule has 0 bridgehead atoms. The highest BCUT2D eigenvalue weighted by atomic mass is 32.1. The monoisotopic (exact) mass is 314 g/mol. The van der Waals surface area contributed by atoms with Crippen molar-refractivity contribution in [1.29, 1.82) is 0 Å². The fourth-order valence-electron chi connectivity index (χ4n) is 2.82. The fourth-order valence-corrected chi connectivity index (χ4v) is 4.02. The molecule has 1 aliphatic carbocycles. The van der Waals surface area contributed by atoms with Crippen molar-refractivity contribution >= 4 is 17.2 Å². The Morgan fingerprint density at radius 2 is 2.00 bits per heavy atom. The minimum Gasteiger partial charge on any atom is -0.356 e. The number of carbonyl (C=O) groups is 1. The Morgan fingerprint density at radius 1 is 1.18 bits per heavy atom. The minimum absolute atomic E-state index is 0.102. The number of carbonyl (C=O) groups excluding carboxylic acids is 1. The number of benzene rings is 1. The SMILES string of the molecule is O=C(Cc1ccccc1)NCCCc1nc2c(s1)CCCC2. The quantitative estimate of drug-likeness (QED) is 0.831. The summed E-state index contributed by atoms with van der Waals surface area (Å²) in [7, 11) is 0. The molecule has 0 saturated carbocycles. The maximum absolute atomic E-state index is 11.9. The Bertz CT molecular complexity index is 598. The molecule has 0 atom stereocenters. The summed E-state index contributed by atoms with van der Waals surface area (Å²) >= 11 is 1.87. The van der Waals surface area contributed by atoms with Gasteiger partial charge < -0.3 is 5.32 Å². The van der Waals surface area contributed by atoms with E-state index >= 15 is 0 Å². The average Bonchev–Trinajstić information content (AvgIpc) is 2.95. The van der Waals surface area contributed by atoms with Crippen molar-refractivity contribution in [2.45, 2.75) is 44.9 Å². The van der Waals surface area contributed by atoms with Gasteiger partial charge in [-0.3, -0.25) is 4.79 Å². The number of aromatic nitrogens is 1. The number of hydrogen-bond donors (Lipinski definition) is 1. The molecule has 0 fully saturated rings. The van der Waals surface area contributed by atoms with E-state index in [1.54, 1.807) is 0 Å². The molecule has 2 aromatic rings. The first-order valence-electron chi connectivity index (χ1n) is 8.09. The third kappa shape index (κ3) is 4.17. The van der Waals surface area contributed by atoms with E-state index in [1.807, 2.05) is 41.7 Å². The molecule has 0 aliphatic heterocycles. The van der Waals surface area contributed by atoms with Crippen LogP contribution >= 0.6 is 11.3 Å². The maximum atomic E-state index is 11.9. The Morgan fingerprint density at radius 3 is 2.82 bits per heavy atom. The topological polar surface area (TPSA) is 42.0 Å². The van der Waals surface area contributed by atoms with Crippen LogP contribution in [0.1, 0.15) is 40.4 Å². The summed E-state index contributed by atoms with van der Waals surface area (Å²) in [6.45, 7) is 0.732. The highest BCUT2D eigenvalue weighted by Gasteiger charge is 2.14. The number of nitrogens with one attached hydrogen (secondary N) is 1. The minimum atomic E-state index is 0.102. The van der Waals surface area contributed by atoms with Crippen LogP contribution in [0.4, 0.5) is 0 Å². The molecule has 3 nitrogen and oxygen atoms in total. The summed E-state index contributed by atoms with van der Waals surface area (Å²) < 4.78 is 0. The molecule has 22 heavy (non-hydrogen) atoms. The molecule has 1 aromatic carbocycles. The van der Waals surface area contributed by atoms with Gasteiger partial charge in [0.25, 0.3) is 0 Å². The van der Waals surface area contributed by atoms with E-state index < -0.39 is 0 Å². The lowest BCUT2D eigenvalue weighted by Crippen LogP contribution is -2.26. The third-order valence-electron chi connectivity index (χ3n) is 3.99. The van der Waals surface area contributed by atoms with Gasteiger partial charge in [-0.1, -0.05) is 30.3 Å². The van der Waals surface area contributed by atoms with Gasteiger partial charge in [-0.2, -0.15) is 0 Å². The standard InChI is InChI=1S/C18H22N2OS/c21-17(13-14-7-2-1-3-8-14)19-12-6-11-18-20-15-9-4-5-10-16(15)22-18/h1-3,7-8H,4-6,9-13H2,(H,19,21). The molecule has 1 heterocycles. The second-order valence-corrected chi connectivity index (χ2v) is 6.97. The van der Waals surface area contributed by atoms with Crippen LogP contribution in [0.25, 0.3) is 0 Å². The first kappa shape index (κ1) is 15.2. The average molecular weight is 314 g/mol. The zero-order valence-electron chi connectivity index (χ0n) is 12.8. The van der Waals surface area contributed by atoms with Crippen LogP contribution in [0.15, 0.2) is 30.3 Å². The fraction of sp³-hybridized carbons (Fsp3) is 0.444. The lowest BCUT2D eigenvalue weighted by molar-refractivity contribution is -0.120. The van der Waals surface area contributed by atoms with Gasteiger partial charge in [0.2, 0.25) is 5.91 Å². The molecule has 1 amide bonds. The zero-order chi connectivity index (χ0) is 15.2. The lowest BCUT2D eigenvalue weighted by Gasteiger charge is -2.06. The molecule has 0 radical (unpaired) electrons. The van der Waals surface area contributed by atoms with Gasteiger partial charge in [-0.25, -0.2) is 4.98 Å². The van der Waals surface area contributed by atoms with E-state index in [1.165, 1.54) is 34.8 Å². The number of amides is 1. The maximum Gasteiger partial charge on any atom is 0.224 e. The number of nitrogens with zero attached hydrogens (tertiary/aromatic N) is 1. The normalized spacial score (nSPS) is 13.6. The van der Waals surface area contributed by atoms with Crippen LogP contribution in [0.2, 0.25) is 0 Å². The Hall–Kier alpha value is -1.68. The molecule has 0 unspecified atom stereocenters. The summed E-state index contributed by atoms with van der Waals surface area (Å²) in [5.74, 6) is 0.102. The first-order chi connectivity index (χ1) is 10.8. The van der Waals surface area contributed by atoms with E-state index in [-0.39, 0.29) is 5.91 Å². The van der Waals surface area contributed by atoms with Crippen molar-refractivity contribution in [3.63, 3.8) is 0 Å². The van der Waals surface area contributed by atoms with Gasteiger partial charge in [0, 0.05) is 17.8 Å². The largest absolute Gasteiger partial charge is 0.356 e. The van der Waals surface area contributed by atoms with Crippen LogP contribution in [0.3, 0.4) is 0 Å². The number of fused-ring (bicyclic) bond motifs is 1. The molecule has 1 aliphatic rings. The molecular weight excluding hydrogens is 292 g/mol. The summed E-state index contributed by atoms with van der Waals surface area (Å²) in [6.07, 6.45) is 7.36. The summed E-state index contributed by atoms with van der Waals surface area (Å²) in [5.41, 5.74) is 2.40. The van der Waals surface area contributed by atoms with Gasteiger partial charge in [0.15, 0.2) is 0 Å². The predicted octanol–water partition coefficient (Wildman–Crippen LogP) is 3.31. The first-order valence-corrected chi connectivity index (χ1v) is 8.91. The summed E-state index contributed by atoms with van der Waals surface area (Å²) in [6, 6.07) is 9.87. The van der Waals surface area contributed by atoms with E-state index in [0.717, 1.165) is 31.4 Å². The van der Waals surface area contributed by atoms with E-state index in [4.69, 9.17) is 4.98 Å². The molecule has 0 saturated heterocycles. The summed E-state index contributed by atoms with van der Waals surface area (Å²) in [5, 5.41) is 4.24. The van der Waals surface area contributed by atoms with E-state index in [9.17, 15) is 4.79 Å². The van der Waals surface area contributed by atoms with E-state index in [0.29, 0.717) is 6.42 Å².